The van der Waals surface area contributed by atoms with Gasteiger partial charge in [0.25, 0.3) is 11.5 Å². The highest BCUT2D eigenvalue weighted by Gasteiger charge is 2.28. The van der Waals surface area contributed by atoms with Crippen LogP contribution in [-0.4, -0.2) is 16.8 Å². The molecular formula is C22H22F2N2O3. The lowest BCUT2D eigenvalue weighted by Gasteiger charge is -2.18. The number of hydrogen-bond acceptors (Lipinski definition) is 3. The van der Waals surface area contributed by atoms with E-state index in [4.69, 9.17) is 4.74 Å². The molecule has 29 heavy (non-hydrogen) atoms. The zero-order valence-electron chi connectivity index (χ0n) is 16.6. The van der Waals surface area contributed by atoms with E-state index in [2.05, 4.69) is 5.32 Å². The molecule has 0 aliphatic rings. The van der Waals surface area contributed by atoms with Crippen LogP contribution in [0.4, 0.5) is 19.3 Å². The van der Waals surface area contributed by atoms with Crippen LogP contribution >= 0.6 is 0 Å². The van der Waals surface area contributed by atoms with Crippen molar-refractivity contribution in [3.05, 3.63) is 64.4 Å². The van der Waals surface area contributed by atoms with Gasteiger partial charge in [0.1, 0.15) is 0 Å². The molecular weight excluding hydrogens is 378 g/mol. The summed E-state index contributed by atoms with van der Waals surface area (Å²) in [6.45, 7) is 4.29. The topological polar surface area (TPSA) is 60.3 Å². The lowest BCUT2D eigenvalue weighted by molar-refractivity contribution is 0.0180. The molecule has 152 valence electrons. The Labute approximate surface area is 166 Å². The zero-order valence-corrected chi connectivity index (χ0v) is 16.6. The number of nitrogens with one attached hydrogen (secondary N) is 1. The van der Waals surface area contributed by atoms with Crippen molar-refractivity contribution in [3.63, 3.8) is 0 Å². The van der Waals surface area contributed by atoms with Gasteiger partial charge in [0.05, 0.1) is 11.8 Å². The van der Waals surface area contributed by atoms with Crippen molar-refractivity contribution in [2.45, 2.75) is 32.8 Å². The molecule has 1 N–H and O–H groups in total. The van der Waals surface area contributed by atoms with Gasteiger partial charge in [0, 0.05) is 36.2 Å². The smallest absolute Gasteiger partial charge is 0.411 e. The molecule has 0 unspecified atom stereocenters. The van der Waals surface area contributed by atoms with Gasteiger partial charge < -0.3 is 9.30 Å². The summed E-state index contributed by atoms with van der Waals surface area (Å²) in [7, 11) is 1.54. The number of halogens is 2. The van der Waals surface area contributed by atoms with Crippen LogP contribution < -0.4 is 10.9 Å². The monoisotopic (exact) mass is 400 g/mol. The maximum Gasteiger partial charge on any atom is 0.411 e. The number of ether oxygens (including phenoxy) is 1. The minimum Gasteiger partial charge on any atom is -0.447 e. The molecule has 0 radical (unpaired) electrons. The summed E-state index contributed by atoms with van der Waals surface area (Å²) in [4.78, 5) is 24.7. The number of hydrogen-bond donors (Lipinski definition) is 1. The maximum absolute atomic E-state index is 14.1. The van der Waals surface area contributed by atoms with E-state index in [1.165, 1.54) is 17.7 Å². The average Bonchev–Trinajstić information content (AvgIpc) is 2.63. The van der Waals surface area contributed by atoms with Crippen LogP contribution in [-0.2, 0) is 17.7 Å². The fourth-order valence-corrected chi connectivity index (χ4v) is 3.19. The summed E-state index contributed by atoms with van der Waals surface area (Å²) >= 11 is 0. The maximum atomic E-state index is 14.1. The van der Waals surface area contributed by atoms with Crippen LogP contribution in [0.25, 0.3) is 22.0 Å². The van der Waals surface area contributed by atoms with Gasteiger partial charge in [-0.05, 0) is 37.4 Å². The number of nitrogens with zero attached hydrogens (tertiary/aromatic N) is 1. The van der Waals surface area contributed by atoms with Crippen LogP contribution in [0.2, 0.25) is 0 Å². The SMILES string of the molecule is CC(C)OC(=O)Nc1ccc2cc(-c3ccccc3C(C)(F)F)n(C)c(=O)c2c1. The van der Waals surface area contributed by atoms with Gasteiger partial charge in [0.15, 0.2) is 0 Å². The van der Waals surface area contributed by atoms with Crippen molar-refractivity contribution < 1.29 is 18.3 Å². The Kier molecular flexibility index (Phi) is 5.42. The van der Waals surface area contributed by atoms with E-state index >= 15 is 0 Å². The van der Waals surface area contributed by atoms with E-state index in [1.807, 2.05) is 0 Å². The zero-order chi connectivity index (χ0) is 21.3. The molecule has 0 fully saturated rings. The minimum absolute atomic E-state index is 0.149. The summed E-state index contributed by atoms with van der Waals surface area (Å²) in [5.41, 5.74) is 0.592. The van der Waals surface area contributed by atoms with Crippen molar-refractivity contribution in [2.75, 3.05) is 5.32 Å². The lowest BCUT2D eigenvalue weighted by atomic mass is 9.98. The fourth-order valence-electron chi connectivity index (χ4n) is 3.19. The average molecular weight is 400 g/mol. The molecule has 5 nitrogen and oxygen atoms in total. The molecule has 0 spiro atoms. The molecule has 1 aromatic heterocycles. The Bertz CT molecular complexity index is 1130. The Morgan fingerprint density at radius 1 is 1.14 bits per heavy atom. The van der Waals surface area contributed by atoms with E-state index in [9.17, 15) is 18.4 Å². The third kappa shape index (κ3) is 4.29. The van der Waals surface area contributed by atoms with Gasteiger partial charge in [-0.15, -0.1) is 0 Å². The molecule has 1 heterocycles. The third-order valence-electron chi connectivity index (χ3n) is 4.51. The van der Waals surface area contributed by atoms with Crippen molar-refractivity contribution in [1.82, 2.24) is 4.57 Å². The van der Waals surface area contributed by atoms with Crippen LogP contribution in [0.5, 0.6) is 0 Å². The predicted molar refractivity (Wildman–Crippen MR) is 109 cm³/mol. The molecule has 0 atom stereocenters. The molecule has 1 amide bonds. The van der Waals surface area contributed by atoms with Gasteiger partial charge in [-0.2, -0.15) is 0 Å². The summed E-state index contributed by atoms with van der Waals surface area (Å²) in [5, 5.41) is 3.52. The fraction of sp³-hybridized carbons (Fsp3) is 0.273. The number of pyridine rings is 1. The van der Waals surface area contributed by atoms with Crippen molar-refractivity contribution in [3.8, 4) is 11.3 Å². The molecule has 0 aliphatic carbocycles. The van der Waals surface area contributed by atoms with Crippen LogP contribution in [0.1, 0.15) is 26.3 Å². The van der Waals surface area contributed by atoms with Crippen molar-refractivity contribution in [1.29, 1.82) is 0 Å². The van der Waals surface area contributed by atoms with Crippen LogP contribution in [0.15, 0.2) is 53.3 Å². The summed E-state index contributed by atoms with van der Waals surface area (Å²) in [6, 6.07) is 12.7. The highest BCUT2D eigenvalue weighted by Crippen LogP contribution is 2.35. The van der Waals surface area contributed by atoms with Gasteiger partial charge in [-0.1, -0.05) is 30.3 Å². The Morgan fingerprint density at radius 3 is 2.48 bits per heavy atom. The van der Waals surface area contributed by atoms with E-state index in [0.717, 1.165) is 6.92 Å². The summed E-state index contributed by atoms with van der Waals surface area (Å²) in [5.74, 6) is -3.05. The number of amides is 1. The van der Waals surface area contributed by atoms with Gasteiger partial charge >= 0.3 is 6.09 Å². The Morgan fingerprint density at radius 2 is 1.83 bits per heavy atom. The van der Waals surface area contributed by atoms with Crippen molar-refractivity contribution in [2.24, 2.45) is 7.05 Å². The Balaban J connectivity index is 2.11. The predicted octanol–water partition coefficient (Wildman–Crippen LogP) is 5.27. The largest absolute Gasteiger partial charge is 0.447 e. The second-order valence-corrected chi connectivity index (χ2v) is 7.21. The number of benzene rings is 2. The number of carbonyl (C=O) groups is 1. The molecule has 0 saturated carbocycles. The number of aromatic nitrogens is 1. The first-order valence-corrected chi connectivity index (χ1v) is 9.17. The number of fused-ring (bicyclic) bond motifs is 1. The lowest BCUT2D eigenvalue weighted by Crippen LogP contribution is -2.21. The summed E-state index contributed by atoms with van der Waals surface area (Å²) in [6.07, 6.45) is -0.894. The van der Waals surface area contributed by atoms with E-state index in [1.54, 1.807) is 56.3 Å². The molecule has 0 bridgehead atoms. The van der Waals surface area contributed by atoms with Gasteiger partial charge in [-0.25, -0.2) is 13.6 Å². The Hall–Kier alpha value is -3.22. The number of alkyl halides is 2. The normalized spacial score (nSPS) is 11.7. The van der Waals surface area contributed by atoms with Crippen molar-refractivity contribution >= 4 is 22.6 Å². The van der Waals surface area contributed by atoms with Crippen LogP contribution in [0, 0.1) is 0 Å². The number of rotatable bonds is 4. The van der Waals surface area contributed by atoms with E-state index in [0.29, 0.717) is 27.7 Å². The standard InChI is InChI=1S/C22H22F2N2O3/c1-13(2)29-21(28)25-15-10-9-14-11-19(26(4)20(27)17(14)12-15)16-7-5-6-8-18(16)22(3,23)24/h5-13H,1-4H3,(H,25,28). The number of anilines is 1. The molecule has 0 aliphatic heterocycles. The molecule has 2 aromatic carbocycles. The van der Waals surface area contributed by atoms with Gasteiger partial charge in [-0.3, -0.25) is 10.1 Å². The summed E-state index contributed by atoms with van der Waals surface area (Å²) < 4.78 is 34.5. The van der Waals surface area contributed by atoms with Crippen LogP contribution in [0.3, 0.4) is 0 Å². The molecule has 3 rings (SSSR count). The highest BCUT2D eigenvalue weighted by atomic mass is 19.3. The van der Waals surface area contributed by atoms with Gasteiger partial charge in [0.2, 0.25) is 0 Å². The third-order valence-corrected chi connectivity index (χ3v) is 4.51. The number of carbonyl (C=O) groups excluding carboxylic acids is 1. The van der Waals surface area contributed by atoms with E-state index < -0.39 is 12.0 Å². The first kappa shape index (κ1) is 20.5. The quantitative estimate of drug-likeness (QED) is 0.649. The first-order valence-electron chi connectivity index (χ1n) is 9.17. The minimum atomic E-state index is -3.05. The molecule has 7 heteroatoms. The van der Waals surface area contributed by atoms with E-state index in [-0.39, 0.29) is 17.2 Å². The highest BCUT2D eigenvalue weighted by molar-refractivity contribution is 5.92. The first-order chi connectivity index (χ1) is 13.6. The second-order valence-electron chi connectivity index (χ2n) is 7.21. The molecule has 0 saturated heterocycles. The molecule has 3 aromatic rings. The second kappa shape index (κ2) is 7.66.